The number of hydrogen-bond donors (Lipinski definition) is 0. The summed E-state index contributed by atoms with van der Waals surface area (Å²) in [5.74, 6) is -0.157. The molecule has 0 aliphatic heterocycles. The van der Waals surface area contributed by atoms with Crippen molar-refractivity contribution in [2.75, 3.05) is 0 Å². The molecule has 0 radical (unpaired) electrons. The Bertz CT molecular complexity index is 676. The molecule has 0 bridgehead atoms. The lowest BCUT2D eigenvalue weighted by molar-refractivity contribution is -0.400. The summed E-state index contributed by atoms with van der Waals surface area (Å²) >= 11 is 0. The molecule has 5 heteroatoms. The third-order valence-electron chi connectivity index (χ3n) is 2.55. The molecule has 19 heavy (non-hydrogen) atoms. The summed E-state index contributed by atoms with van der Waals surface area (Å²) in [5, 5.41) is 12.2. The molecule has 0 unspecified atom stereocenters. The zero-order valence-corrected chi connectivity index (χ0v) is 10.2. The highest BCUT2D eigenvalue weighted by Gasteiger charge is 2.09. The lowest BCUT2D eigenvalue weighted by Gasteiger charge is -2.08. The van der Waals surface area contributed by atoms with Gasteiger partial charge in [0.15, 0.2) is 0 Å². The van der Waals surface area contributed by atoms with E-state index in [1.165, 1.54) is 13.0 Å². The van der Waals surface area contributed by atoms with Crippen molar-refractivity contribution in [3.05, 3.63) is 58.3 Å². The number of esters is 1. The second-order valence-corrected chi connectivity index (χ2v) is 3.89. The van der Waals surface area contributed by atoms with Crippen LogP contribution in [0.15, 0.2) is 42.6 Å². The van der Waals surface area contributed by atoms with Gasteiger partial charge in [0, 0.05) is 18.6 Å². The van der Waals surface area contributed by atoms with Crippen molar-refractivity contribution in [3.8, 4) is 5.75 Å². The number of benzene rings is 2. The van der Waals surface area contributed by atoms with Gasteiger partial charge in [-0.3, -0.25) is 14.9 Å². The Kier molecular flexibility index (Phi) is 3.56. The number of fused-ring (bicyclic) bond motifs is 1. The Labute approximate surface area is 109 Å². The van der Waals surface area contributed by atoms with Crippen LogP contribution in [-0.4, -0.2) is 10.9 Å². The largest absolute Gasteiger partial charge is 0.426 e. The Balaban J connectivity index is 2.64. The van der Waals surface area contributed by atoms with Crippen molar-refractivity contribution < 1.29 is 14.5 Å². The zero-order valence-electron chi connectivity index (χ0n) is 10.2. The van der Waals surface area contributed by atoms with E-state index in [2.05, 4.69) is 0 Å². The molecule has 2 aromatic rings. The SMILES string of the molecule is CC(=O)Oc1ccc2ccccc2c1C=C[N+](=O)[O-]. The standard InChI is InChI=1S/C14H11NO4/c1-10(16)19-14-7-6-11-4-2-3-5-12(11)13(14)8-9-15(17)18/h2-9H,1H3. The minimum Gasteiger partial charge on any atom is -0.426 e. The smallest absolute Gasteiger partial charge is 0.308 e. The van der Waals surface area contributed by atoms with E-state index in [1.807, 2.05) is 24.3 Å². The second-order valence-electron chi connectivity index (χ2n) is 3.89. The highest BCUT2D eigenvalue weighted by Crippen LogP contribution is 2.29. The normalized spacial score (nSPS) is 10.8. The zero-order chi connectivity index (χ0) is 13.8. The monoisotopic (exact) mass is 257 g/mol. The fourth-order valence-electron chi connectivity index (χ4n) is 1.83. The van der Waals surface area contributed by atoms with Crippen LogP contribution < -0.4 is 4.74 Å². The van der Waals surface area contributed by atoms with Crippen molar-refractivity contribution in [2.45, 2.75) is 6.92 Å². The molecule has 0 amide bonds. The van der Waals surface area contributed by atoms with E-state index in [0.717, 1.165) is 17.0 Å². The highest BCUT2D eigenvalue weighted by atomic mass is 16.6. The third kappa shape index (κ3) is 2.95. The van der Waals surface area contributed by atoms with Crippen LogP contribution in [0.3, 0.4) is 0 Å². The maximum absolute atomic E-state index is 11.1. The van der Waals surface area contributed by atoms with Gasteiger partial charge in [-0.05, 0) is 16.8 Å². The maximum atomic E-state index is 11.1. The predicted molar refractivity (Wildman–Crippen MR) is 71.3 cm³/mol. The molecular formula is C14H11NO4. The molecule has 2 rings (SSSR count). The van der Waals surface area contributed by atoms with Crippen molar-refractivity contribution in [2.24, 2.45) is 0 Å². The molecular weight excluding hydrogens is 246 g/mol. The van der Waals surface area contributed by atoms with Crippen LogP contribution in [0, 0.1) is 10.1 Å². The highest BCUT2D eigenvalue weighted by molar-refractivity contribution is 5.93. The number of carbonyl (C=O) groups is 1. The molecule has 5 nitrogen and oxygen atoms in total. The summed E-state index contributed by atoms with van der Waals surface area (Å²) in [6.07, 6.45) is 2.16. The van der Waals surface area contributed by atoms with E-state index >= 15 is 0 Å². The molecule has 0 spiro atoms. The van der Waals surface area contributed by atoms with Gasteiger partial charge < -0.3 is 4.74 Å². The minimum absolute atomic E-state index is 0.310. The Morgan fingerprint density at radius 3 is 2.68 bits per heavy atom. The molecule has 0 aliphatic rings. The first kappa shape index (κ1) is 12.8. The fraction of sp³-hybridized carbons (Fsp3) is 0.0714. The molecule has 0 saturated heterocycles. The number of carbonyl (C=O) groups excluding carboxylic acids is 1. The third-order valence-corrected chi connectivity index (χ3v) is 2.55. The lowest BCUT2D eigenvalue weighted by atomic mass is 10.0. The van der Waals surface area contributed by atoms with Gasteiger partial charge >= 0.3 is 5.97 Å². The maximum Gasteiger partial charge on any atom is 0.308 e. The van der Waals surface area contributed by atoms with Crippen molar-refractivity contribution in [1.82, 2.24) is 0 Å². The van der Waals surface area contributed by atoms with Crippen LogP contribution in [0.2, 0.25) is 0 Å². The number of nitrogens with zero attached hydrogens (tertiary/aromatic N) is 1. The predicted octanol–water partition coefficient (Wildman–Crippen LogP) is 3.01. The molecule has 0 heterocycles. The van der Waals surface area contributed by atoms with Crippen LogP contribution in [0.5, 0.6) is 5.75 Å². The van der Waals surface area contributed by atoms with Gasteiger partial charge in [0.25, 0.3) is 0 Å². The first-order valence-corrected chi connectivity index (χ1v) is 5.60. The van der Waals surface area contributed by atoms with Crippen molar-refractivity contribution in [1.29, 1.82) is 0 Å². The van der Waals surface area contributed by atoms with Crippen LogP contribution in [0.4, 0.5) is 0 Å². The quantitative estimate of drug-likeness (QED) is 0.367. The Hall–Kier alpha value is -2.69. The van der Waals surface area contributed by atoms with Gasteiger partial charge in [-0.1, -0.05) is 30.3 Å². The van der Waals surface area contributed by atoms with E-state index in [4.69, 9.17) is 4.74 Å². The second kappa shape index (κ2) is 5.30. The van der Waals surface area contributed by atoms with Crippen molar-refractivity contribution in [3.63, 3.8) is 0 Å². The lowest BCUT2D eigenvalue weighted by Crippen LogP contribution is -2.03. The van der Waals surface area contributed by atoms with E-state index in [1.54, 1.807) is 12.1 Å². The van der Waals surface area contributed by atoms with E-state index in [-0.39, 0.29) is 0 Å². The molecule has 96 valence electrons. The summed E-state index contributed by atoms with van der Waals surface area (Å²) in [5.41, 5.74) is 0.519. The number of rotatable bonds is 3. The summed E-state index contributed by atoms with van der Waals surface area (Å²) in [6.45, 7) is 1.29. The first-order chi connectivity index (χ1) is 9.08. The van der Waals surface area contributed by atoms with Gasteiger partial charge in [-0.25, -0.2) is 0 Å². The average Bonchev–Trinajstić information content (AvgIpc) is 2.36. The van der Waals surface area contributed by atoms with Crippen LogP contribution >= 0.6 is 0 Å². The average molecular weight is 257 g/mol. The van der Waals surface area contributed by atoms with Gasteiger partial charge in [-0.2, -0.15) is 0 Å². The fourth-order valence-corrected chi connectivity index (χ4v) is 1.83. The molecule has 0 aliphatic carbocycles. The minimum atomic E-state index is -0.556. The van der Waals surface area contributed by atoms with Gasteiger partial charge in [0.2, 0.25) is 6.20 Å². The molecule has 0 saturated carbocycles. The number of nitro groups is 1. The van der Waals surface area contributed by atoms with Gasteiger partial charge in [0.1, 0.15) is 5.75 Å². The van der Waals surface area contributed by atoms with Crippen LogP contribution in [-0.2, 0) is 4.79 Å². The topological polar surface area (TPSA) is 69.4 Å². The molecule has 0 aromatic heterocycles. The van der Waals surface area contributed by atoms with E-state index < -0.39 is 10.9 Å². The summed E-state index contributed by atoms with van der Waals surface area (Å²) in [7, 11) is 0. The van der Waals surface area contributed by atoms with Crippen LogP contribution in [0.1, 0.15) is 12.5 Å². The number of hydrogen-bond acceptors (Lipinski definition) is 4. The molecule has 2 aromatic carbocycles. The summed E-state index contributed by atoms with van der Waals surface area (Å²) < 4.78 is 5.07. The van der Waals surface area contributed by atoms with Gasteiger partial charge in [-0.15, -0.1) is 0 Å². The first-order valence-electron chi connectivity index (χ1n) is 5.60. The van der Waals surface area contributed by atoms with E-state index in [9.17, 15) is 14.9 Å². The molecule has 0 atom stereocenters. The van der Waals surface area contributed by atoms with Gasteiger partial charge in [0.05, 0.1) is 4.92 Å². The Morgan fingerprint density at radius 1 is 1.26 bits per heavy atom. The summed E-state index contributed by atoms with van der Waals surface area (Å²) in [4.78, 5) is 21.0. The number of ether oxygens (including phenoxy) is 1. The van der Waals surface area contributed by atoms with Crippen LogP contribution in [0.25, 0.3) is 16.8 Å². The molecule has 0 fully saturated rings. The summed E-state index contributed by atoms with van der Waals surface area (Å²) in [6, 6.07) is 10.8. The van der Waals surface area contributed by atoms with Crippen molar-refractivity contribution >= 4 is 22.8 Å². The molecule has 0 N–H and O–H groups in total. The Morgan fingerprint density at radius 2 is 2.00 bits per heavy atom. The van der Waals surface area contributed by atoms with E-state index in [0.29, 0.717) is 11.3 Å².